The van der Waals surface area contributed by atoms with Gasteiger partial charge in [-0.1, -0.05) is 6.07 Å². The number of aromatic nitrogens is 1. The van der Waals surface area contributed by atoms with Crippen LogP contribution in [0.5, 0.6) is 0 Å². The molecule has 18 heavy (non-hydrogen) atoms. The van der Waals surface area contributed by atoms with Gasteiger partial charge in [0.05, 0.1) is 11.3 Å². The molecule has 1 aromatic rings. The average Bonchev–Trinajstić information content (AvgIpc) is 2.71. The molecule has 1 fully saturated rings. The number of aliphatic hydroxyl groups excluding tert-OH is 1. The zero-order valence-electron chi connectivity index (χ0n) is 9.93. The third-order valence-electron chi connectivity index (χ3n) is 2.49. The molecule has 2 N–H and O–H groups in total. The number of carboxylic acid groups (broad SMARTS) is 1. The lowest BCUT2D eigenvalue weighted by Crippen LogP contribution is -2.25. The van der Waals surface area contributed by atoms with Gasteiger partial charge in [-0.05, 0) is 24.5 Å². The van der Waals surface area contributed by atoms with E-state index in [1.54, 1.807) is 12.4 Å². The van der Waals surface area contributed by atoms with Crippen LogP contribution in [0.1, 0.15) is 31.4 Å². The molecule has 1 aliphatic heterocycles. The lowest BCUT2D eigenvalue weighted by molar-refractivity contribution is -0.134. The number of rotatable bonds is 2. The highest BCUT2D eigenvalue weighted by atomic mass is 16.4. The largest absolute Gasteiger partial charge is 0.481 e. The van der Waals surface area contributed by atoms with Crippen molar-refractivity contribution < 1.29 is 15.0 Å². The molecule has 0 aliphatic carbocycles. The molecule has 2 rings (SSSR count). The van der Waals surface area contributed by atoms with Gasteiger partial charge in [-0.2, -0.15) is 0 Å². The molecule has 98 valence electrons. The summed E-state index contributed by atoms with van der Waals surface area (Å²) in [6, 6.07) is 3.56. The van der Waals surface area contributed by atoms with Crippen molar-refractivity contribution in [2.75, 3.05) is 0 Å². The van der Waals surface area contributed by atoms with E-state index in [1.807, 2.05) is 12.1 Å². The molecular formula is C11H15N3O4. The smallest absolute Gasteiger partial charge is 0.300 e. The number of carboxylic acids is 1. The lowest BCUT2D eigenvalue weighted by atomic mass is 10.1. The highest BCUT2D eigenvalue weighted by molar-refractivity contribution is 5.62. The second kappa shape index (κ2) is 6.65. The van der Waals surface area contributed by atoms with Crippen LogP contribution < -0.4 is 0 Å². The molecule has 1 aliphatic rings. The first-order chi connectivity index (χ1) is 8.56. The van der Waals surface area contributed by atoms with Gasteiger partial charge in [-0.25, -0.2) is 5.01 Å². The molecule has 2 atom stereocenters. The molecular weight excluding hydrogens is 238 g/mol. The number of hydrogen-bond donors (Lipinski definition) is 2. The Balaban J connectivity index is 0.000000357. The Hall–Kier alpha value is -2.02. The summed E-state index contributed by atoms with van der Waals surface area (Å²) in [5.74, 6) is -0.833. The molecule has 0 aromatic carbocycles. The number of nitrogens with zero attached hydrogens (tertiary/aromatic N) is 3. The Kier molecular flexibility index (Phi) is 5.19. The standard InChI is InChI=1S/C9H11N3O2.C2H4O2/c13-9-4-3-8(12(9)11-14)7-2-1-5-10-6-7;1-2(3)4/h1-2,5-6,8-9,13H,3-4H2;1H3,(H,3,4). The lowest BCUT2D eigenvalue weighted by Gasteiger charge is -2.20. The highest BCUT2D eigenvalue weighted by Crippen LogP contribution is 2.34. The normalized spacial score (nSPS) is 22.0. The molecule has 1 aromatic heterocycles. The summed E-state index contributed by atoms with van der Waals surface area (Å²) >= 11 is 0. The van der Waals surface area contributed by atoms with Crippen LogP contribution in [0.4, 0.5) is 0 Å². The Labute approximate surface area is 104 Å². The minimum Gasteiger partial charge on any atom is -0.481 e. The zero-order chi connectivity index (χ0) is 13.5. The van der Waals surface area contributed by atoms with Gasteiger partial charge >= 0.3 is 0 Å². The number of carbonyl (C=O) groups is 1. The van der Waals surface area contributed by atoms with Crippen LogP contribution >= 0.6 is 0 Å². The SMILES string of the molecule is CC(=O)O.O=NN1C(O)CCC1c1cccnc1. The van der Waals surface area contributed by atoms with Crippen molar-refractivity contribution in [2.45, 2.75) is 32.0 Å². The minimum atomic E-state index is -0.833. The summed E-state index contributed by atoms with van der Waals surface area (Å²) < 4.78 is 0. The summed E-state index contributed by atoms with van der Waals surface area (Å²) in [4.78, 5) is 23.5. The van der Waals surface area contributed by atoms with Gasteiger partial charge in [-0.3, -0.25) is 9.78 Å². The Morgan fingerprint density at radius 3 is 2.72 bits per heavy atom. The molecule has 1 saturated heterocycles. The first-order valence-corrected chi connectivity index (χ1v) is 5.45. The molecule has 2 unspecified atom stereocenters. The number of hydrogen-bond acceptors (Lipinski definition) is 5. The Bertz CT molecular complexity index is 395. The average molecular weight is 253 g/mol. The van der Waals surface area contributed by atoms with Gasteiger partial charge in [0.1, 0.15) is 6.23 Å². The van der Waals surface area contributed by atoms with Crippen molar-refractivity contribution >= 4 is 5.97 Å². The maximum Gasteiger partial charge on any atom is 0.300 e. The quantitative estimate of drug-likeness (QED) is 0.770. The summed E-state index contributed by atoms with van der Waals surface area (Å²) in [5.41, 5.74) is 0.920. The van der Waals surface area contributed by atoms with E-state index in [9.17, 15) is 10.0 Å². The van der Waals surface area contributed by atoms with Crippen molar-refractivity contribution in [3.05, 3.63) is 35.0 Å². The maximum atomic E-state index is 10.5. The maximum absolute atomic E-state index is 10.5. The molecule has 7 nitrogen and oxygen atoms in total. The van der Waals surface area contributed by atoms with Gasteiger partial charge in [0, 0.05) is 19.3 Å². The van der Waals surface area contributed by atoms with E-state index in [0.29, 0.717) is 6.42 Å². The number of pyridine rings is 1. The van der Waals surface area contributed by atoms with E-state index in [-0.39, 0.29) is 6.04 Å². The van der Waals surface area contributed by atoms with Crippen LogP contribution in [-0.4, -0.2) is 32.4 Å². The molecule has 7 heteroatoms. The monoisotopic (exact) mass is 253 g/mol. The predicted molar refractivity (Wildman–Crippen MR) is 63.2 cm³/mol. The van der Waals surface area contributed by atoms with Gasteiger partial charge < -0.3 is 10.2 Å². The van der Waals surface area contributed by atoms with Crippen molar-refractivity contribution in [3.8, 4) is 0 Å². The fourth-order valence-electron chi connectivity index (χ4n) is 1.78. The van der Waals surface area contributed by atoms with E-state index in [4.69, 9.17) is 9.90 Å². The first kappa shape index (κ1) is 14.0. The second-order valence-electron chi connectivity index (χ2n) is 3.84. The van der Waals surface area contributed by atoms with Crippen LogP contribution in [0.2, 0.25) is 0 Å². The molecule has 2 heterocycles. The fourth-order valence-corrected chi connectivity index (χ4v) is 1.78. The topological polar surface area (TPSA) is 103 Å². The summed E-state index contributed by atoms with van der Waals surface area (Å²) in [6.07, 6.45) is 3.93. The predicted octanol–water partition coefficient (Wildman–Crippen LogP) is 1.31. The van der Waals surface area contributed by atoms with E-state index < -0.39 is 12.2 Å². The van der Waals surface area contributed by atoms with Crippen molar-refractivity contribution in [2.24, 2.45) is 5.29 Å². The Morgan fingerprint density at radius 1 is 1.56 bits per heavy atom. The van der Waals surface area contributed by atoms with Crippen LogP contribution in [-0.2, 0) is 4.79 Å². The zero-order valence-corrected chi connectivity index (χ0v) is 9.93. The van der Waals surface area contributed by atoms with Crippen molar-refractivity contribution in [1.29, 1.82) is 0 Å². The molecule has 0 saturated carbocycles. The number of aliphatic carboxylic acids is 1. The molecule has 0 bridgehead atoms. The van der Waals surface area contributed by atoms with Crippen LogP contribution in [0.15, 0.2) is 29.8 Å². The summed E-state index contributed by atoms with van der Waals surface area (Å²) in [6.45, 7) is 1.08. The number of aliphatic hydroxyl groups is 1. The summed E-state index contributed by atoms with van der Waals surface area (Å²) in [5, 5.41) is 20.9. The van der Waals surface area contributed by atoms with Crippen LogP contribution in [0.25, 0.3) is 0 Å². The van der Waals surface area contributed by atoms with Crippen LogP contribution in [0.3, 0.4) is 0 Å². The molecule has 0 spiro atoms. The van der Waals surface area contributed by atoms with Crippen molar-refractivity contribution in [1.82, 2.24) is 9.99 Å². The Morgan fingerprint density at radius 2 is 2.22 bits per heavy atom. The molecule has 0 amide bonds. The highest BCUT2D eigenvalue weighted by Gasteiger charge is 2.33. The minimum absolute atomic E-state index is 0.129. The fraction of sp³-hybridized carbons (Fsp3) is 0.455. The van der Waals surface area contributed by atoms with Gasteiger partial charge in [0.15, 0.2) is 0 Å². The van der Waals surface area contributed by atoms with Gasteiger partial charge in [-0.15, -0.1) is 4.91 Å². The summed E-state index contributed by atoms with van der Waals surface area (Å²) in [7, 11) is 0. The number of nitroso groups, excluding NO2 is 1. The van der Waals surface area contributed by atoms with E-state index >= 15 is 0 Å². The third-order valence-corrected chi connectivity index (χ3v) is 2.49. The first-order valence-electron chi connectivity index (χ1n) is 5.45. The second-order valence-corrected chi connectivity index (χ2v) is 3.84. The van der Waals surface area contributed by atoms with Crippen molar-refractivity contribution in [3.63, 3.8) is 0 Å². The van der Waals surface area contributed by atoms with Crippen LogP contribution in [0, 0.1) is 4.91 Å². The molecule has 0 radical (unpaired) electrons. The van der Waals surface area contributed by atoms with E-state index in [1.165, 1.54) is 5.01 Å². The van der Waals surface area contributed by atoms with E-state index in [2.05, 4.69) is 10.3 Å². The van der Waals surface area contributed by atoms with Gasteiger partial charge in [0.2, 0.25) is 0 Å². The van der Waals surface area contributed by atoms with Gasteiger partial charge in [0.25, 0.3) is 5.97 Å². The van der Waals surface area contributed by atoms with E-state index in [0.717, 1.165) is 18.9 Å². The third kappa shape index (κ3) is 3.77.